The molecule has 100 valence electrons. The van der Waals surface area contributed by atoms with E-state index in [1.807, 2.05) is 0 Å². The molecule has 0 bridgehead atoms. The maximum Gasteiger partial charge on any atom is 0.244 e. The van der Waals surface area contributed by atoms with Crippen molar-refractivity contribution in [2.45, 2.75) is 38.3 Å². The molecule has 6 nitrogen and oxygen atoms in total. The van der Waals surface area contributed by atoms with Gasteiger partial charge in [0.2, 0.25) is 5.95 Å². The molecule has 6 heteroatoms. The zero-order valence-electron chi connectivity index (χ0n) is 11.0. The van der Waals surface area contributed by atoms with Crippen LogP contribution in [0.3, 0.4) is 0 Å². The van der Waals surface area contributed by atoms with E-state index in [-0.39, 0.29) is 0 Å². The van der Waals surface area contributed by atoms with Crippen LogP contribution in [0.1, 0.15) is 32.0 Å². The molecule has 2 fully saturated rings. The first-order valence-corrected chi connectivity index (χ1v) is 6.74. The summed E-state index contributed by atoms with van der Waals surface area (Å²) in [6, 6.07) is 0.496. The molecule has 2 aliphatic rings. The van der Waals surface area contributed by atoms with Crippen molar-refractivity contribution >= 4 is 5.95 Å². The first kappa shape index (κ1) is 11.9. The van der Waals surface area contributed by atoms with Crippen LogP contribution >= 0.6 is 0 Å². The van der Waals surface area contributed by atoms with Gasteiger partial charge in [0, 0.05) is 31.6 Å². The van der Waals surface area contributed by atoms with Gasteiger partial charge in [-0.25, -0.2) is 0 Å². The van der Waals surface area contributed by atoms with E-state index in [1.54, 1.807) is 0 Å². The Hall–Kier alpha value is -1.14. The van der Waals surface area contributed by atoms with Crippen molar-refractivity contribution in [1.82, 2.24) is 20.5 Å². The van der Waals surface area contributed by atoms with Gasteiger partial charge in [0.25, 0.3) is 0 Å². The number of nitrogens with one attached hydrogen (secondary N) is 2. The van der Waals surface area contributed by atoms with Crippen molar-refractivity contribution in [2.75, 3.05) is 31.1 Å². The van der Waals surface area contributed by atoms with E-state index in [1.165, 1.54) is 0 Å². The van der Waals surface area contributed by atoms with Gasteiger partial charge in [-0.3, -0.25) is 5.10 Å². The summed E-state index contributed by atoms with van der Waals surface area (Å²) in [4.78, 5) is 6.87. The minimum atomic E-state index is 0.336. The van der Waals surface area contributed by atoms with Gasteiger partial charge < -0.3 is 15.0 Å². The number of hydrogen-bond donors (Lipinski definition) is 2. The fraction of sp³-hybridized carbons (Fsp3) is 0.833. The molecule has 3 rings (SSSR count). The first-order chi connectivity index (χ1) is 8.72. The molecular formula is C12H21N5O. The molecule has 2 N–H and O–H groups in total. The zero-order valence-corrected chi connectivity index (χ0v) is 11.0. The predicted octanol–water partition coefficient (Wildman–Crippen LogP) is 0.495. The molecule has 0 radical (unpaired) electrons. The number of H-pyrrole nitrogens is 1. The molecule has 1 aromatic heterocycles. The van der Waals surface area contributed by atoms with Crippen molar-refractivity contribution in [1.29, 1.82) is 0 Å². The van der Waals surface area contributed by atoms with Crippen LogP contribution in [0.2, 0.25) is 0 Å². The van der Waals surface area contributed by atoms with Gasteiger partial charge in [-0.2, -0.15) is 4.98 Å². The van der Waals surface area contributed by atoms with E-state index in [0.29, 0.717) is 18.1 Å². The lowest BCUT2D eigenvalue weighted by Gasteiger charge is -2.30. The predicted molar refractivity (Wildman–Crippen MR) is 68.8 cm³/mol. The van der Waals surface area contributed by atoms with E-state index < -0.39 is 0 Å². The highest BCUT2D eigenvalue weighted by molar-refractivity contribution is 5.30. The van der Waals surface area contributed by atoms with Gasteiger partial charge in [-0.15, -0.1) is 5.10 Å². The molecule has 2 unspecified atom stereocenters. The minimum absolute atomic E-state index is 0.336. The Bertz CT molecular complexity index is 407. The maximum absolute atomic E-state index is 5.58. The van der Waals surface area contributed by atoms with Gasteiger partial charge in [-0.1, -0.05) is 0 Å². The number of ether oxygens (including phenoxy) is 1. The van der Waals surface area contributed by atoms with Crippen molar-refractivity contribution in [3.8, 4) is 0 Å². The Morgan fingerprint density at radius 2 is 2.28 bits per heavy atom. The summed E-state index contributed by atoms with van der Waals surface area (Å²) in [5.41, 5.74) is 0. The van der Waals surface area contributed by atoms with Crippen LogP contribution in [0, 0.1) is 0 Å². The molecule has 0 saturated carbocycles. The van der Waals surface area contributed by atoms with Gasteiger partial charge in [0.1, 0.15) is 5.82 Å². The van der Waals surface area contributed by atoms with Crippen LogP contribution in [0.5, 0.6) is 0 Å². The maximum atomic E-state index is 5.58. The lowest BCUT2D eigenvalue weighted by molar-refractivity contribution is 0.123. The molecule has 1 aromatic rings. The molecular weight excluding hydrogens is 230 g/mol. The van der Waals surface area contributed by atoms with Crippen LogP contribution in [0.25, 0.3) is 0 Å². The summed E-state index contributed by atoms with van der Waals surface area (Å²) >= 11 is 0. The van der Waals surface area contributed by atoms with Gasteiger partial charge in [0.15, 0.2) is 0 Å². The summed E-state index contributed by atoms with van der Waals surface area (Å²) in [5.74, 6) is 2.18. The molecule has 0 aliphatic carbocycles. The Morgan fingerprint density at radius 1 is 1.39 bits per heavy atom. The number of nitrogens with zero attached hydrogens (tertiary/aromatic N) is 3. The highest BCUT2D eigenvalue weighted by Crippen LogP contribution is 2.27. The monoisotopic (exact) mass is 251 g/mol. The number of piperazine rings is 1. The minimum Gasteiger partial charge on any atom is -0.378 e. The SMILES string of the molecule is CC1CC(c2nc(N3CCN[C@H](C)C3)n[nH]2)CO1. The number of aromatic nitrogens is 3. The molecule has 0 amide bonds. The average molecular weight is 251 g/mol. The largest absolute Gasteiger partial charge is 0.378 e. The first-order valence-electron chi connectivity index (χ1n) is 6.74. The molecule has 0 spiro atoms. The highest BCUT2D eigenvalue weighted by Gasteiger charge is 2.27. The van der Waals surface area contributed by atoms with Crippen LogP contribution in [0.15, 0.2) is 0 Å². The quantitative estimate of drug-likeness (QED) is 0.801. The van der Waals surface area contributed by atoms with Gasteiger partial charge >= 0.3 is 0 Å². The fourth-order valence-corrected chi connectivity index (χ4v) is 2.71. The number of aromatic amines is 1. The highest BCUT2D eigenvalue weighted by atomic mass is 16.5. The van der Waals surface area contributed by atoms with Gasteiger partial charge in [0.05, 0.1) is 12.7 Å². The second-order valence-electron chi connectivity index (χ2n) is 5.40. The Morgan fingerprint density at radius 3 is 3.00 bits per heavy atom. The van der Waals surface area contributed by atoms with E-state index in [2.05, 4.69) is 39.2 Å². The smallest absolute Gasteiger partial charge is 0.244 e. The van der Waals surface area contributed by atoms with Crippen LogP contribution in [-0.2, 0) is 4.74 Å². The summed E-state index contributed by atoms with van der Waals surface area (Å²) in [5, 5.41) is 10.8. The summed E-state index contributed by atoms with van der Waals surface area (Å²) in [7, 11) is 0. The zero-order chi connectivity index (χ0) is 12.5. The second-order valence-corrected chi connectivity index (χ2v) is 5.40. The standard InChI is InChI=1S/C12H21N5O/c1-8-6-17(4-3-13-8)12-14-11(15-16-12)10-5-9(2)18-7-10/h8-10,13H,3-7H2,1-2H3,(H,14,15,16)/t8-,9?,10?/m1/s1. The van der Waals surface area contributed by atoms with E-state index in [4.69, 9.17) is 4.74 Å². The van der Waals surface area contributed by atoms with E-state index in [0.717, 1.165) is 44.4 Å². The molecule has 3 heterocycles. The fourth-order valence-electron chi connectivity index (χ4n) is 2.71. The van der Waals surface area contributed by atoms with Crippen molar-refractivity contribution in [2.24, 2.45) is 0 Å². The molecule has 3 atom stereocenters. The normalized spacial score (nSPS) is 33.0. The van der Waals surface area contributed by atoms with Gasteiger partial charge in [-0.05, 0) is 20.3 Å². The number of hydrogen-bond acceptors (Lipinski definition) is 5. The third-order valence-electron chi connectivity index (χ3n) is 3.73. The van der Waals surface area contributed by atoms with Crippen LogP contribution in [0.4, 0.5) is 5.95 Å². The number of anilines is 1. The molecule has 2 saturated heterocycles. The lowest BCUT2D eigenvalue weighted by atomic mass is 10.1. The summed E-state index contributed by atoms with van der Waals surface area (Å²) in [6.07, 6.45) is 1.37. The Balaban J connectivity index is 1.69. The number of rotatable bonds is 2. The van der Waals surface area contributed by atoms with Crippen LogP contribution in [-0.4, -0.2) is 53.6 Å². The Kier molecular flexibility index (Phi) is 3.22. The van der Waals surface area contributed by atoms with E-state index in [9.17, 15) is 0 Å². The summed E-state index contributed by atoms with van der Waals surface area (Å²) in [6.45, 7) is 7.98. The van der Waals surface area contributed by atoms with Crippen molar-refractivity contribution in [3.63, 3.8) is 0 Å². The summed E-state index contributed by atoms with van der Waals surface area (Å²) < 4.78 is 5.58. The van der Waals surface area contributed by atoms with Crippen molar-refractivity contribution < 1.29 is 4.74 Å². The topological polar surface area (TPSA) is 66.1 Å². The molecule has 0 aromatic carbocycles. The second kappa shape index (κ2) is 4.85. The molecule has 18 heavy (non-hydrogen) atoms. The van der Waals surface area contributed by atoms with Crippen LogP contribution < -0.4 is 10.2 Å². The van der Waals surface area contributed by atoms with Crippen molar-refractivity contribution in [3.05, 3.63) is 5.82 Å². The molecule has 2 aliphatic heterocycles. The third-order valence-corrected chi connectivity index (χ3v) is 3.73. The third kappa shape index (κ3) is 2.35. The van der Waals surface area contributed by atoms with E-state index >= 15 is 0 Å². The lowest BCUT2D eigenvalue weighted by Crippen LogP contribution is -2.49. The average Bonchev–Trinajstić information content (AvgIpc) is 2.97. The Labute approximate surface area is 107 Å².